The molecule has 364 valence electrons. The van der Waals surface area contributed by atoms with E-state index >= 15 is 0 Å². The summed E-state index contributed by atoms with van der Waals surface area (Å²) in [5, 5.41) is 7.73. The van der Waals surface area contributed by atoms with E-state index in [0.29, 0.717) is 0 Å². The summed E-state index contributed by atoms with van der Waals surface area (Å²) < 4.78 is 0. The van der Waals surface area contributed by atoms with Gasteiger partial charge in [-0.15, -0.1) is 0 Å². The van der Waals surface area contributed by atoms with E-state index in [9.17, 15) is 0 Å². The van der Waals surface area contributed by atoms with Crippen molar-refractivity contribution in [2.45, 2.75) is 0 Å². The number of rotatable bonds is 10. The standard InChI is InChI=1S/C78H52/c1-5-19-53(20-6-1)64-43-65(54-21-7-2-8-22-54)46-69(45-64)71-49-68(50-72(51-71)70-47-66(55-23-9-3-10-24-55)44-67(48-70)56-25-11-4-12-26-56)58-37-35-57(36-38-58)59-27-17-28-60(41-59)61-29-18-30-62(42-61)63-39-40-77-75-33-14-13-31-73(75)74-32-15-16-34-76(74)78(77)52-63/h1-52H. The van der Waals surface area contributed by atoms with Crippen molar-refractivity contribution in [3.8, 4) is 111 Å². The summed E-state index contributed by atoms with van der Waals surface area (Å²) in [4.78, 5) is 0. The molecule has 0 radical (unpaired) electrons. The van der Waals surface area contributed by atoms with Crippen LogP contribution in [-0.2, 0) is 0 Å². The minimum atomic E-state index is 1.16. The largest absolute Gasteiger partial charge is 0.0622 e. The first kappa shape index (κ1) is 46.4. The molecule has 0 N–H and O–H groups in total. The second-order valence-electron chi connectivity index (χ2n) is 20.5. The molecule has 0 amide bonds. The van der Waals surface area contributed by atoms with Gasteiger partial charge in [0.25, 0.3) is 0 Å². The second kappa shape index (κ2) is 20.2. The van der Waals surface area contributed by atoms with Crippen LogP contribution in [0.4, 0.5) is 0 Å². The molecule has 0 saturated carbocycles. The molecular formula is C78H52. The Kier molecular flexibility index (Phi) is 12.0. The summed E-state index contributed by atoms with van der Waals surface area (Å²) in [6.07, 6.45) is 0. The van der Waals surface area contributed by atoms with Crippen LogP contribution in [0.2, 0.25) is 0 Å². The van der Waals surface area contributed by atoms with E-state index in [4.69, 9.17) is 0 Å². The zero-order chi connectivity index (χ0) is 51.8. The summed E-state index contributed by atoms with van der Waals surface area (Å²) in [6.45, 7) is 0. The first-order chi connectivity index (χ1) is 38.6. The molecule has 0 aliphatic rings. The number of fused-ring (bicyclic) bond motifs is 6. The fraction of sp³-hybridized carbons (Fsp3) is 0. The van der Waals surface area contributed by atoms with Gasteiger partial charge in [0.2, 0.25) is 0 Å². The Morgan fingerprint density at radius 1 is 0.0897 bits per heavy atom. The molecular weight excluding hydrogens is 937 g/mol. The Labute approximate surface area is 456 Å². The first-order valence-electron chi connectivity index (χ1n) is 26.9. The molecule has 14 aromatic carbocycles. The topological polar surface area (TPSA) is 0 Å². The maximum absolute atomic E-state index is 2.39. The van der Waals surface area contributed by atoms with Gasteiger partial charge in [-0.05, 0) is 216 Å². The lowest BCUT2D eigenvalue weighted by Crippen LogP contribution is -1.90. The van der Waals surface area contributed by atoms with Gasteiger partial charge < -0.3 is 0 Å². The monoisotopic (exact) mass is 988 g/mol. The Bertz CT molecular complexity index is 4200. The van der Waals surface area contributed by atoms with Crippen molar-refractivity contribution >= 4 is 32.3 Å². The fourth-order valence-corrected chi connectivity index (χ4v) is 11.6. The van der Waals surface area contributed by atoms with Crippen molar-refractivity contribution in [1.82, 2.24) is 0 Å². The quantitative estimate of drug-likeness (QED) is 0.120. The molecule has 0 atom stereocenters. The van der Waals surface area contributed by atoms with Gasteiger partial charge in [0.15, 0.2) is 0 Å². The van der Waals surface area contributed by atoms with Crippen molar-refractivity contribution < 1.29 is 0 Å². The summed E-state index contributed by atoms with van der Waals surface area (Å²) >= 11 is 0. The van der Waals surface area contributed by atoms with Crippen LogP contribution in [0, 0.1) is 0 Å². The third kappa shape index (κ3) is 9.06. The molecule has 0 aromatic heterocycles. The minimum absolute atomic E-state index is 1.16. The van der Waals surface area contributed by atoms with Crippen LogP contribution in [-0.4, -0.2) is 0 Å². The van der Waals surface area contributed by atoms with E-state index in [2.05, 4.69) is 315 Å². The maximum Gasteiger partial charge on any atom is -0.00928 e. The summed E-state index contributed by atoms with van der Waals surface area (Å²) in [7, 11) is 0. The highest BCUT2D eigenvalue weighted by atomic mass is 14.2. The first-order valence-corrected chi connectivity index (χ1v) is 26.9. The zero-order valence-electron chi connectivity index (χ0n) is 43.0. The van der Waals surface area contributed by atoms with E-state index in [1.54, 1.807) is 0 Å². The van der Waals surface area contributed by atoms with E-state index in [1.165, 1.54) is 121 Å². The highest BCUT2D eigenvalue weighted by Gasteiger charge is 2.16. The van der Waals surface area contributed by atoms with Crippen LogP contribution >= 0.6 is 0 Å². The molecule has 0 unspecified atom stereocenters. The lowest BCUT2D eigenvalue weighted by atomic mass is 9.88. The molecule has 0 nitrogen and oxygen atoms in total. The summed E-state index contributed by atoms with van der Waals surface area (Å²) in [6, 6.07) is 116. The average molecular weight is 989 g/mol. The summed E-state index contributed by atoms with van der Waals surface area (Å²) in [5.41, 5.74) is 23.6. The average Bonchev–Trinajstić information content (AvgIpc) is 3.72. The predicted molar refractivity (Wildman–Crippen MR) is 333 cm³/mol. The van der Waals surface area contributed by atoms with Gasteiger partial charge in [0, 0.05) is 0 Å². The lowest BCUT2D eigenvalue weighted by molar-refractivity contribution is 1.53. The van der Waals surface area contributed by atoms with Crippen molar-refractivity contribution in [3.05, 3.63) is 315 Å². The third-order valence-corrected chi connectivity index (χ3v) is 15.6. The van der Waals surface area contributed by atoms with E-state index in [0.717, 1.165) is 22.3 Å². The number of benzene rings is 14. The smallest absolute Gasteiger partial charge is 0.00928 e. The SMILES string of the molecule is c1ccc(-c2cc(-c3ccccc3)cc(-c3cc(-c4ccc(-c5cccc(-c6cccc(-c7ccc8c9ccccc9c9ccccc9c8c7)c6)c5)cc4)cc(-c4cc(-c5ccccc5)cc(-c5ccccc5)c4)c3)c2)cc1. The van der Waals surface area contributed by atoms with E-state index in [1.807, 2.05) is 0 Å². The maximum atomic E-state index is 2.39. The van der Waals surface area contributed by atoms with Crippen LogP contribution in [0.3, 0.4) is 0 Å². The number of hydrogen-bond acceptors (Lipinski definition) is 0. The van der Waals surface area contributed by atoms with Gasteiger partial charge in [0.1, 0.15) is 0 Å². The second-order valence-corrected chi connectivity index (χ2v) is 20.5. The molecule has 0 saturated heterocycles. The Hall–Kier alpha value is -10.1. The van der Waals surface area contributed by atoms with Gasteiger partial charge in [-0.25, -0.2) is 0 Å². The van der Waals surface area contributed by atoms with E-state index < -0.39 is 0 Å². The van der Waals surface area contributed by atoms with Crippen molar-refractivity contribution in [2.24, 2.45) is 0 Å². The minimum Gasteiger partial charge on any atom is -0.0622 e. The fourth-order valence-electron chi connectivity index (χ4n) is 11.6. The Morgan fingerprint density at radius 2 is 0.269 bits per heavy atom. The molecule has 14 aromatic rings. The lowest BCUT2D eigenvalue weighted by Gasteiger charge is -2.16. The molecule has 0 spiro atoms. The van der Waals surface area contributed by atoms with Crippen LogP contribution in [0.1, 0.15) is 0 Å². The molecule has 0 aliphatic carbocycles. The van der Waals surface area contributed by atoms with Crippen LogP contribution in [0.15, 0.2) is 315 Å². The van der Waals surface area contributed by atoms with Gasteiger partial charge in [-0.1, -0.05) is 243 Å². The third-order valence-electron chi connectivity index (χ3n) is 15.6. The summed E-state index contributed by atoms with van der Waals surface area (Å²) in [5.74, 6) is 0. The van der Waals surface area contributed by atoms with Gasteiger partial charge in [-0.2, -0.15) is 0 Å². The highest BCUT2D eigenvalue weighted by Crippen LogP contribution is 2.42. The van der Waals surface area contributed by atoms with Gasteiger partial charge >= 0.3 is 0 Å². The predicted octanol–water partition coefficient (Wildman–Crippen LogP) is 21.8. The zero-order valence-corrected chi connectivity index (χ0v) is 43.0. The molecule has 0 aliphatic heterocycles. The van der Waals surface area contributed by atoms with Crippen molar-refractivity contribution in [2.75, 3.05) is 0 Å². The van der Waals surface area contributed by atoms with Gasteiger partial charge in [-0.3, -0.25) is 0 Å². The van der Waals surface area contributed by atoms with Gasteiger partial charge in [0.05, 0.1) is 0 Å². The van der Waals surface area contributed by atoms with Crippen molar-refractivity contribution in [3.63, 3.8) is 0 Å². The van der Waals surface area contributed by atoms with E-state index in [-0.39, 0.29) is 0 Å². The van der Waals surface area contributed by atoms with Crippen LogP contribution in [0.5, 0.6) is 0 Å². The van der Waals surface area contributed by atoms with Crippen LogP contribution in [0.25, 0.3) is 144 Å². The molecule has 0 fully saturated rings. The van der Waals surface area contributed by atoms with Crippen LogP contribution < -0.4 is 0 Å². The highest BCUT2D eigenvalue weighted by molar-refractivity contribution is 6.25. The van der Waals surface area contributed by atoms with Crippen molar-refractivity contribution in [1.29, 1.82) is 0 Å². The Balaban J connectivity index is 0.855. The normalized spacial score (nSPS) is 11.3. The molecule has 0 heterocycles. The number of hydrogen-bond donors (Lipinski definition) is 0. The molecule has 0 bridgehead atoms. The Morgan fingerprint density at radius 3 is 0.590 bits per heavy atom. The molecule has 78 heavy (non-hydrogen) atoms. The molecule has 0 heteroatoms. The molecule has 14 rings (SSSR count).